The number of likely N-dealkylation sites (N-methyl/N-ethyl adjacent to an activating group) is 1. The quantitative estimate of drug-likeness (QED) is 0.824. The highest BCUT2D eigenvalue weighted by Crippen LogP contribution is 2.18. The van der Waals surface area contributed by atoms with Crippen LogP contribution in [0.2, 0.25) is 0 Å². The van der Waals surface area contributed by atoms with Gasteiger partial charge in [0.2, 0.25) is 0 Å². The second-order valence-electron chi connectivity index (χ2n) is 6.43. The maximum Gasteiger partial charge on any atom is 0.317 e. The molecule has 0 saturated carbocycles. The van der Waals surface area contributed by atoms with Gasteiger partial charge in [0, 0.05) is 25.7 Å². The van der Waals surface area contributed by atoms with E-state index in [-0.39, 0.29) is 6.54 Å². The number of piperidine rings is 1. The SMILES string of the molecule is CCN(CC(=O)O)C1CCN(Cc2cnn(-c3ccccc3)n2)CC1. The van der Waals surface area contributed by atoms with Gasteiger partial charge in [-0.1, -0.05) is 25.1 Å². The van der Waals surface area contributed by atoms with Gasteiger partial charge in [-0.3, -0.25) is 14.6 Å². The van der Waals surface area contributed by atoms with Crippen LogP contribution in [0.15, 0.2) is 36.5 Å². The zero-order chi connectivity index (χ0) is 17.6. The predicted molar refractivity (Wildman–Crippen MR) is 94.5 cm³/mol. The van der Waals surface area contributed by atoms with Crippen LogP contribution in [0.4, 0.5) is 0 Å². The van der Waals surface area contributed by atoms with Crippen LogP contribution < -0.4 is 0 Å². The zero-order valence-electron chi connectivity index (χ0n) is 14.6. The number of para-hydroxylation sites is 1. The highest BCUT2D eigenvalue weighted by atomic mass is 16.4. The Morgan fingerprint density at radius 3 is 2.64 bits per heavy atom. The number of benzene rings is 1. The molecule has 0 spiro atoms. The molecule has 7 heteroatoms. The van der Waals surface area contributed by atoms with Gasteiger partial charge in [0.1, 0.15) is 0 Å². The molecule has 1 saturated heterocycles. The van der Waals surface area contributed by atoms with E-state index in [1.807, 2.05) is 43.5 Å². The molecule has 1 N–H and O–H groups in total. The number of likely N-dealkylation sites (tertiary alicyclic amines) is 1. The first kappa shape index (κ1) is 17.6. The number of nitrogens with zero attached hydrogens (tertiary/aromatic N) is 5. The van der Waals surface area contributed by atoms with Gasteiger partial charge in [0.05, 0.1) is 24.1 Å². The van der Waals surface area contributed by atoms with E-state index in [9.17, 15) is 4.79 Å². The second-order valence-corrected chi connectivity index (χ2v) is 6.43. The zero-order valence-corrected chi connectivity index (χ0v) is 14.6. The molecular weight excluding hydrogens is 318 g/mol. The average Bonchev–Trinajstić information content (AvgIpc) is 3.09. The van der Waals surface area contributed by atoms with Crippen LogP contribution >= 0.6 is 0 Å². The van der Waals surface area contributed by atoms with E-state index < -0.39 is 5.97 Å². The minimum absolute atomic E-state index is 0.132. The Hall–Kier alpha value is -2.25. The van der Waals surface area contributed by atoms with E-state index in [4.69, 9.17) is 5.11 Å². The molecule has 0 atom stereocenters. The van der Waals surface area contributed by atoms with Crippen molar-refractivity contribution in [1.82, 2.24) is 24.8 Å². The van der Waals surface area contributed by atoms with Crippen molar-refractivity contribution in [1.29, 1.82) is 0 Å². The van der Waals surface area contributed by atoms with Gasteiger partial charge in [-0.15, -0.1) is 0 Å². The van der Waals surface area contributed by atoms with E-state index in [1.165, 1.54) is 0 Å². The summed E-state index contributed by atoms with van der Waals surface area (Å²) >= 11 is 0. The first-order valence-corrected chi connectivity index (χ1v) is 8.80. The van der Waals surface area contributed by atoms with Crippen LogP contribution in [0.5, 0.6) is 0 Å². The van der Waals surface area contributed by atoms with Gasteiger partial charge < -0.3 is 5.11 Å². The number of aromatic nitrogens is 3. The Bertz CT molecular complexity index is 680. The molecule has 1 aromatic heterocycles. The summed E-state index contributed by atoms with van der Waals surface area (Å²) in [6, 6.07) is 10.2. The molecule has 1 aromatic carbocycles. The monoisotopic (exact) mass is 343 g/mol. The number of carbonyl (C=O) groups is 1. The van der Waals surface area contributed by atoms with E-state index in [1.54, 1.807) is 4.80 Å². The number of carboxylic acids is 1. The molecule has 2 heterocycles. The lowest BCUT2D eigenvalue weighted by Gasteiger charge is -2.37. The summed E-state index contributed by atoms with van der Waals surface area (Å²) in [7, 11) is 0. The standard InChI is InChI=1S/C18H25N5O2/c1-2-22(14-18(24)25)16-8-10-21(11-9-16)13-15-12-19-23(20-15)17-6-4-3-5-7-17/h3-7,12,16H,2,8-11,13-14H2,1H3,(H,24,25). The summed E-state index contributed by atoms with van der Waals surface area (Å²) in [5.41, 5.74) is 1.92. The number of hydrogen-bond donors (Lipinski definition) is 1. The molecule has 0 unspecified atom stereocenters. The molecule has 0 aliphatic carbocycles. The smallest absolute Gasteiger partial charge is 0.317 e. The van der Waals surface area contributed by atoms with Crippen LogP contribution in [0.25, 0.3) is 5.69 Å². The minimum atomic E-state index is -0.748. The van der Waals surface area contributed by atoms with Gasteiger partial charge in [0.15, 0.2) is 0 Å². The molecule has 134 valence electrons. The van der Waals surface area contributed by atoms with Crippen LogP contribution in [0.3, 0.4) is 0 Å². The van der Waals surface area contributed by atoms with Crippen LogP contribution in [0, 0.1) is 0 Å². The van der Waals surface area contributed by atoms with Crippen molar-refractivity contribution in [2.75, 3.05) is 26.2 Å². The lowest BCUT2D eigenvalue weighted by molar-refractivity contribution is -0.139. The Morgan fingerprint density at radius 1 is 1.28 bits per heavy atom. The Kier molecular flexibility index (Phi) is 5.78. The average molecular weight is 343 g/mol. The molecule has 0 radical (unpaired) electrons. The third-order valence-corrected chi connectivity index (χ3v) is 4.73. The van der Waals surface area contributed by atoms with Gasteiger partial charge in [-0.2, -0.15) is 15.0 Å². The molecule has 0 amide bonds. The van der Waals surface area contributed by atoms with E-state index in [2.05, 4.69) is 20.0 Å². The van der Waals surface area contributed by atoms with Crippen molar-refractivity contribution in [2.45, 2.75) is 32.4 Å². The first-order chi connectivity index (χ1) is 12.2. The molecule has 2 aromatic rings. The lowest BCUT2D eigenvalue weighted by atomic mass is 10.0. The third kappa shape index (κ3) is 4.64. The third-order valence-electron chi connectivity index (χ3n) is 4.73. The number of aliphatic carboxylic acids is 1. The van der Waals surface area contributed by atoms with Crippen molar-refractivity contribution in [3.63, 3.8) is 0 Å². The molecular formula is C18H25N5O2. The topological polar surface area (TPSA) is 74.5 Å². The molecule has 1 aliphatic heterocycles. The summed E-state index contributed by atoms with van der Waals surface area (Å²) in [6.07, 6.45) is 3.81. The predicted octanol–water partition coefficient (Wildman–Crippen LogP) is 1.64. The maximum atomic E-state index is 11.0. The Balaban J connectivity index is 1.52. The van der Waals surface area contributed by atoms with Crippen molar-refractivity contribution in [3.8, 4) is 5.69 Å². The number of hydrogen-bond acceptors (Lipinski definition) is 5. The fourth-order valence-electron chi connectivity index (χ4n) is 3.40. The summed E-state index contributed by atoms with van der Waals surface area (Å²) < 4.78 is 0. The van der Waals surface area contributed by atoms with Crippen molar-refractivity contribution in [3.05, 3.63) is 42.2 Å². The van der Waals surface area contributed by atoms with Gasteiger partial charge in [-0.05, 0) is 31.5 Å². The Labute approximate surface area is 147 Å². The van der Waals surface area contributed by atoms with E-state index in [0.29, 0.717) is 6.04 Å². The minimum Gasteiger partial charge on any atom is -0.480 e. The number of rotatable bonds is 7. The van der Waals surface area contributed by atoms with E-state index in [0.717, 1.165) is 50.4 Å². The molecule has 7 nitrogen and oxygen atoms in total. The normalized spacial score (nSPS) is 16.4. The first-order valence-electron chi connectivity index (χ1n) is 8.80. The highest BCUT2D eigenvalue weighted by molar-refractivity contribution is 5.69. The van der Waals surface area contributed by atoms with Crippen molar-refractivity contribution in [2.24, 2.45) is 0 Å². The number of carboxylic acid groups (broad SMARTS) is 1. The summed E-state index contributed by atoms with van der Waals surface area (Å²) in [4.78, 5) is 17.1. The summed E-state index contributed by atoms with van der Waals surface area (Å²) in [6.45, 7) is 5.63. The lowest BCUT2D eigenvalue weighted by Crippen LogP contribution is -2.46. The molecule has 25 heavy (non-hydrogen) atoms. The van der Waals surface area contributed by atoms with Crippen molar-refractivity contribution < 1.29 is 9.90 Å². The molecule has 3 rings (SSSR count). The van der Waals surface area contributed by atoms with Crippen LogP contribution in [-0.2, 0) is 11.3 Å². The van der Waals surface area contributed by atoms with Crippen molar-refractivity contribution >= 4 is 5.97 Å². The van der Waals surface area contributed by atoms with Gasteiger partial charge >= 0.3 is 5.97 Å². The van der Waals surface area contributed by atoms with Crippen LogP contribution in [0.1, 0.15) is 25.5 Å². The fraction of sp³-hybridized carbons (Fsp3) is 0.500. The Morgan fingerprint density at radius 2 is 2.00 bits per heavy atom. The molecule has 1 aliphatic rings. The molecule has 0 bridgehead atoms. The summed E-state index contributed by atoms with van der Waals surface area (Å²) in [5, 5.41) is 17.9. The van der Waals surface area contributed by atoms with E-state index >= 15 is 0 Å². The van der Waals surface area contributed by atoms with Gasteiger partial charge in [-0.25, -0.2) is 0 Å². The van der Waals surface area contributed by atoms with Crippen LogP contribution in [-0.4, -0.2) is 68.1 Å². The van der Waals surface area contributed by atoms with Gasteiger partial charge in [0.25, 0.3) is 0 Å². The largest absolute Gasteiger partial charge is 0.480 e. The summed E-state index contributed by atoms with van der Waals surface area (Å²) in [5.74, 6) is -0.748. The molecule has 1 fully saturated rings. The maximum absolute atomic E-state index is 11.0. The fourth-order valence-corrected chi connectivity index (χ4v) is 3.40. The second kappa shape index (κ2) is 8.22. The highest BCUT2D eigenvalue weighted by Gasteiger charge is 2.25.